The zero-order chi connectivity index (χ0) is 11.9. The first-order valence-electron chi connectivity index (χ1n) is 4.98. The molecule has 6 heteroatoms. The van der Waals surface area contributed by atoms with Crippen LogP contribution in [0, 0.1) is 5.92 Å². The van der Waals surface area contributed by atoms with Crippen LogP contribution in [-0.2, 0) is 4.79 Å². The fourth-order valence-electron chi connectivity index (χ4n) is 1.50. The molecule has 0 bridgehead atoms. The number of carbonyl (C=O) groups excluding carboxylic acids is 1. The Bertz CT molecular complexity index is 259. The van der Waals surface area contributed by atoms with Gasteiger partial charge in [-0.3, -0.25) is 4.79 Å². The molecule has 86 valence electrons. The van der Waals surface area contributed by atoms with Gasteiger partial charge in [0.1, 0.15) is 0 Å². The lowest BCUT2D eigenvalue weighted by molar-refractivity contribution is -0.124. The van der Waals surface area contributed by atoms with Crippen molar-refractivity contribution in [1.82, 2.24) is 5.32 Å². The lowest BCUT2D eigenvalue weighted by Crippen LogP contribution is -2.54. The summed E-state index contributed by atoms with van der Waals surface area (Å²) in [5, 5.41) is 6.40. The molecule has 0 aliphatic rings. The molecule has 0 saturated heterocycles. The van der Waals surface area contributed by atoms with Crippen LogP contribution in [0.4, 0.5) is 0 Å². The van der Waals surface area contributed by atoms with Gasteiger partial charge < -0.3 is 11.1 Å². The van der Waals surface area contributed by atoms with Gasteiger partial charge in [-0.15, -0.1) is 0 Å². The normalized spacial score (nSPS) is 14.4. The Morgan fingerprint density at radius 2 is 2.27 bits per heavy atom. The number of nitrogens with one attached hydrogen (secondary N) is 1. The molecule has 0 aromatic rings. The van der Waals surface area contributed by atoms with E-state index in [0.717, 1.165) is 0 Å². The van der Waals surface area contributed by atoms with Crippen LogP contribution in [0.5, 0.6) is 0 Å². The third-order valence-electron chi connectivity index (χ3n) is 2.15. The highest BCUT2D eigenvalue weighted by molar-refractivity contribution is 5.84. The topological polar surface area (TPSA) is 104 Å². The molecule has 6 nitrogen and oxygen atoms in total. The largest absolute Gasteiger partial charge is 0.368 e. The number of nitrogens with two attached hydrogens (primary N) is 1. The number of carbonyl (C=O) groups is 1. The average molecular weight is 213 g/mol. The summed E-state index contributed by atoms with van der Waals surface area (Å²) >= 11 is 0. The van der Waals surface area contributed by atoms with Crippen LogP contribution in [0.2, 0.25) is 0 Å². The first-order valence-corrected chi connectivity index (χ1v) is 4.98. The molecular weight excluding hydrogens is 194 g/mol. The van der Waals surface area contributed by atoms with Crippen molar-refractivity contribution in [2.24, 2.45) is 16.8 Å². The monoisotopic (exact) mass is 213 g/mol. The van der Waals surface area contributed by atoms with Crippen molar-refractivity contribution in [3.05, 3.63) is 10.4 Å². The summed E-state index contributed by atoms with van der Waals surface area (Å²) in [6, 6.07) is 0. The molecule has 0 rings (SSSR count). The van der Waals surface area contributed by atoms with E-state index in [1.54, 1.807) is 6.92 Å². The predicted octanol–water partition coefficient (Wildman–Crippen LogP) is 1.18. The lowest BCUT2D eigenvalue weighted by Gasteiger charge is -2.29. The minimum absolute atomic E-state index is 0.317. The van der Waals surface area contributed by atoms with Crippen LogP contribution < -0.4 is 11.1 Å². The Kier molecular flexibility index (Phi) is 5.74. The van der Waals surface area contributed by atoms with E-state index in [4.69, 9.17) is 11.3 Å². The van der Waals surface area contributed by atoms with E-state index >= 15 is 0 Å². The molecular formula is C9H19N5O. The number of primary amides is 1. The molecule has 0 aliphatic heterocycles. The first kappa shape index (κ1) is 13.7. The van der Waals surface area contributed by atoms with E-state index in [2.05, 4.69) is 15.3 Å². The maximum absolute atomic E-state index is 11.3. The maximum atomic E-state index is 11.3. The SMILES string of the molecule is CC(C)CC(C)(NCCN=[N+]=[N-])C(N)=O. The van der Waals surface area contributed by atoms with E-state index in [9.17, 15) is 4.79 Å². The summed E-state index contributed by atoms with van der Waals surface area (Å²) in [7, 11) is 0. The minimum Gasteiger partial charge on any atom is -0.368 e. The van der Waals surface area contributed by atoms with Crippen LogP contribution in [0.1, 0.15) is 27.2 Å². The molecule has 0 aliphatic carbocycles. The number of hydrogen-bond donors (Lipinski definition) is 2. The van der Waals surface area contributed by atoms with Crippen LogP contribution in [-0.4, -0.2) is 24.5 Å². The van der Waals surface area contributed by atoms with Gasteiger partial charge in [-0.25, -0.2) is 0 Å². The number of azide groups is 1. The highest BCUT2D eigenvalue weighted by atomic mass is 16.1. The Balaban J connectivity index is 4.25. The van der Waals surface area contributed by atoms with Crippen molar-refractivity contribution >= 4 is 5.91 Å². The molecule has 1 amide bonds. The maximum Gasteiger partial charge on any atom is 0.237 e. The van der Waals surface area contributed by atoms with Crippen molar-refractivity contribution in [2.75, 3.05) is 13.1 Å². The highest BCUT2D eigenvalue weighted by Gasteiger charge is 2.30. The highest BCUT2D eigenvalue weighted by Crippen LogP contribution is 2.15. The summed E-state index contributed by atoms with van der Waals surface area (Å²) in [4.78, 5) is 13.9. The van der Waals surface area contributed by atoms with E-state index in [1.165, 1.54) is 0 Å². The molecule has 0 fully saturated rings. The third-order valence-corrected chi connectivity index (χ3v) is 2.15. The van der Waals surface area contributed by atoms with Crippen LogP contribution >= 0.6 is 0 Å². The number of nitrogens with zero attached hydrogens (tertiary/aromatic N) is 3. The molecule has 0 heterocycles. The average Bonchev–Trinajstić information content (AvgIpc) is 2.11. The molecule has 0 radical (unpaired) electrons. The van der Waals surface area contributed by atoms with Gasteiger partial charge in [-0.1, -0.05) is 19.0 Å². The van der Waals surface area contributed by atoms with E-state index in [0.29, 0.717) is 25.4 Å². The minimum atomic E-state index is -0.723. The number of hydrogen-bond acceptors (Lipinski definition) is 3. The Morgan fingerprint density at radius 3 is 2.67 bits per heavy atom. The van der Waals surface area contributed by atoms with Crippen molar-refractivity contribution in [3.63, 3.8) is 0 Å². The van der Waals surface area contributed by atoms with E-state index < -0.39 is 5.54 Å². The second kappa shape index (κ2) is 6.27. The van der Waals surface area contributed by atoms with Gasteiger partial charge in [0.2, 0.25) is 5.91 Å². The second-order valence-electron chi connectivity index (χ2n) is 4.18. The van der Waals surface area contributed by atoms with Crippen LogP contribution in [0.25, 0.3) is 10.4 Å². The Labute approximate surface area is 89.8 Å². The zero-order valence-electron chi connectivity index (χ0n) is 9.53. The predicted molar refractivity (Wildman–Crippen MR) is 59.1 cm³/mol. The molecule has 0 aromatic carbocycles. The fourth-order valence-corrected chi connectivity index (χ4v) is 1.50. The smallest absolute Gasteiger partial charge is 0.237 e. The second-order valence-corrected chi connectivity index (χ2v) is 4.18. The molecule has 0 spiro atoms. The summed E-state index contributed by atoms with van der Waals surface area (Å²) in [5.41, 5.74) is 12.7. The summed E-state index contributed by atoms with van der Waals surface area (Å²) in [6.07, 6.45) is 0.665. The zero-order valence-corrected chi connectivity index (χ0v) is 9.53. The molecule has 0 saturated carbocycles. The quantitative estimate of drug-likeness (QED) is 0.287. The van der Waals surface area contributed by atoms with Gasteiger partial charge in [-0.2, -0.15) is 0 Å². The lowest BCUT2D eigenvalue weighted by atomic mass is 9.90. The van der Waals surface area contributed by atoms with Gasteiger partial charge in [0.05, 0.1) is 5.54 Å². The molecule has 1 atom stereocenters. The van der Waals surface area contributed by atoms with Crippen molar-refractivity contribution in [2.45, 2.75) is 32.7 Å². The molecule has 0 aromatic heterocycles. The van der Waals surface area contributed by atoms with Gasteiger partial charge in [-0.05, 0) is 24.8 Å². The van der Waals surface area contributed by atoms with Crippen molar-refractivity contribution in [1.29, 1.82) is 0 Å². The Hall–Kier alpha value is -1.26. The van der Waals surface area contributed by atoms with Gasteiger partial charge in [0, 0.05) is 18.0 Å². The summed E-state index contributed by atoms with van der Waals surface area (Å²) in [5.74, 6) is -0.00777. The third kappa shape index (κ3) is 5.24. The van der Waals surface area contributed by atoms with Crippen molar-refractivity contribution in [3.8, 4) is 0 Å². The van der Waals surface area contributed by atoms with E-state index in [-0.39, 0.29) is 5.91 Å². The number of rotatable bonds is 7. The summed E-state index contributed by atoms with van der Waals surface area (Å²) in [6.45, 7) is 6.59. The van der Waals surface area contributed by atoms with Crippen LogP contribution in [0.15, 0.2) is 5.11 Å². The number of amides is 1. The molecule has 1 unspecified atom stereocenters. The summed E-state index contributed by atoms with van der Waals surface area (Å²) < 4.78 is 0. The van der Waals surface area contributed by atoms with E-state index in [1.807, 2.05) is 13.8 Å². The van der Waals surface area contributed by atoms with Crippen molar-refractivity contribution < 1.29 is 4.79 Å². The fraction of sp³-hybridized carbons (Fsp3) is 0.889. The Morgan fingerprint density at radius 1 is 1.67 bits per heavy atom. The van der Waals surface area contributed by atoms with Crippen LogP contribution in [0.3, 0.4) is 0 Å². The molecule has 3 N–H and O–H groups in total. The van der Waals surface area contributed by atoms with Gasteiger partial charge in [0.15, 0.2) is 0 Å². The standard InChI is InChI=1S/C9H19N5O/c1-7(2)6-9(3,8(10)15)12-4-5-13-14-11/h7,12H,4-6H2,1-3H3,(H2,10,15). The van der Waals surface area contributed by atoms with Gasteiger partial charge >= 0.3 is 0 Å². The first-order chi connectivity index (χ1) is 6.92. The van der Waals surface area contributed by atoms with Gasteiger partial charge in [0.25, 0.3) is 0 Å². The molecule has 15 heavy (non-hydrogen) atoms.